The summed E-state index contributed by atoms with van der Waals surface area (Å²) < 4.78 is 12.1. The summed E-state index contributed by atoms with van der Waals surface area (Å²) in [6, 6.07) is 0. The SMILES string of the molecule is C=C/C(=C\N=C(C)F)C(C)C. The number of aliphatic imine (C=N–C) groups is 1. The van der Waals surface area contributed by atoms with Crippen LogP contribution in [0.25, 0.3) is 0 Å². The molecule has 0 saturated heterocycles. The van der Waals surface area contributed by atoms with Gasteiger partial charge in [-0.15, -0.1) is 0 Å². The van der Waals surface area contributed by atoms with Crippen LogP contribution in [0.15, 0.2) is 29.4 Å². The van der Waals surface area contributed by atoms with Gasteiger partial charge in [0.15, 0.2) is 5.97 Å². The van der Waals surface area contributed by atoms with E-state index in [0.29, 0.717) is 5.92 Å². The molecule has 0 aromatic carbocycles. The Bertz CT molecular complexity index is 186. The van der Waals surface area contributed by atoms with Gasteiger partial charge in [0.05, 0.1) is 0 Å². The predicted octanol–water partition coefficient (Wildman–Crippen LogP) is 3.10. The molecule has 0 aromatic heterocycles. The minimum atomic E-state index is -0.426. The van der Waals surface area contributed by atoms with E-state index in [1.54, 1.807) is 6.08 Å². The van der Waals surface area contributed by atoms with E-state index >= 15 is 0 Å². The van der Waals surface area contributed by atoms with Crippen molar-refractivity contribution < 1.29 is 4.39 Å². The lowest BCUT2D eigenvalue weighted by Crippen LogP contribution is -1.89. The van der Waals surface area contributed by atoms with E-state index in [1.165, 1.54) is 13.1 Å². The Morgan fingerprint density at radius 3 is 2.36 bits per heavy atom. The van der Waals surface area contributed by atoms with Crippen LogP contribution < -0.4 is 0 Å². The fourth-order valence-electron chi connectivity index (χ4n) is 0.601. The minimum Gasteiger partial charge on any atom is -0.232 e. The molecule has 0 unspecified atom stereocenters. The van der Waals surface area contributed by atoms with E-state index in [1.807, 2.05) is 13.8 Å². The van der Waals surface area contributed by atoms with Gasteiger partial charge in [-0.25, -0.2) is 4.99 Å². The summed E-state index contributed by atoms with van der Waals surface area (Å²) in [6.45, 7) is 8.94. The molecule has 0 saturated carbocycles. The molecular formula is C9H14FN. The number of hydrogen-bond donors (Lipinski definition) is 0. The third-order valence-electron chi connectivity index (χ3n) is 1.29. The maximum absolute atomic E-state index is 12.1. The third-order valence-corrected chi connectivity index (χ3v) is 1.29. The Morgan fingerprint density at radius 2 is 2.09 bits per heavy atom. The van der Waals surface area contributed by atoms with Crippen molar-refractivity contribution in [3.05, 3.63) is 24.4 Å². The highest BCUT2D eigenvalue weighted by Gasteiger charge is 1.96. The average molecular weight is 155 g/mol. The molecule has 1 nitrogen and oxygen atoms in total. The molecule has 0 radical (unpaired) electrons. The van der Waals surface area contributed by atoms with Crippen LogP contribution in [0.2, 0.25) is 0 Å². The Balaban J connectivity index is 4.36. The Hall–Kier alpha value is -0.920. The molecule has 0 bridgehead atoms. The number of nitrogens with zero attached hydrogens (tertiary/aromatic N) is 1. The zero-order valence-electron chi connectivity index (χ0n) is 7.26. The number of hydrogen-bond acceptors (Lipinski definition) is 1. The number of rotatable bonds is 3. The van der Waals surface area contributed by atoms with Gasteiger partial charge in [-0.3, -0.25) is 0 Å². The molecule has 0 aliphatic heterocycles. The van der Waals surface area contributed by atoms with Gasteiger partial charge in [0.25, 0.3) is 0 Å². The fourth-order valence-corrected chi connectivity index (χ4v) is 0.601. The van der Waals surface area contributed by atoms with Crippen LogP contribution in [-0.2, 0) is 0 Å². The number of allylic oxidation sites excluding steroid dienone is 2. The van der Waals surface area contributed by atoms with Gasteiger partial charge in [0.1, 0.15) is 0 Å². The van der Waals surface area contributed by atoms with E-state index < -0.39 is 5.97 Å². The molecule has 0 aromatic rings. The van der Waals surface area contributed by atoms with Gasteiger partial charge in [-0.2, -0.15) is 4.39 Å². The topological polar surface area (TPSA) is 12.4 Å². The van der Waals surface area contributed by atoms with Crippen molar-refractivity contribution in [3.8, 4) is 0 Å². The highest BCUT2D eigenvalue weighted by Crippen LogP contribution is 2.09. The summed E-state index contributed by atoms with van der Waals surface area (Å²) in [7, 11) is 0. The van der Waals surface area contributed by atoms with Gasteiger partial charge < -0.3 is 0 Å². The molecule has 0 N–H and O–H groups in total. The second-order valence-electron chi connectivity index (χ2n) is 2.61. The minimum absolute atomic E-state index is 0.343. The summed E-state index contributed by atoms with van der Waals surface area (Å²) in [4.78, 5) is 3.53. The first-order valence-electron chi connectivity index (χ1n) is 3.60. The van der Waals surface area contributed by atoms with Crippen LogP contribution in [0, 0.1) is 5.92 Å². The molecule has 0 fully saturated rings. The van der Waals surface area contributed by atoms with Crippen LogP contribution in [0.5, 0.6) is 0 Å². The molecule has 0 amide bonds. The largest absolute Gasteiger partial charge is 0.232 e. The second kappa shape index (κ2) is 4.83. The zero-order chi connectivity index (χ0) is 8.85. The summed E-state index contributed by atoms with van der Waals surface area (Å²) in [5, 5.41) is 0. The molecular weight excluding hydrogens is 141 g/mol. The zero-order valence-corrected chi connectivity index (χ0v) is 7.26. The first-order chi connectivity index (χ1) is 5.07. The monoisotopic (exact) mass is 155 g/mol. The van der Waals surface area contributed by atoms with E-state index in [2.05, 4.69) is 11.6 Å². The first kappa shape index (κ1) is 10.1. The molecule has 2 heteroatoms. The molecule has 0 atom stereocenters. The van der Waals surface area contributed by atoms with Gasteiger partial charge in [0.2, 0.25) is 0 Å². The average Bonchev–Trinajstić information content (AvgIpc) is 1.87. The Labute approximate surface area is 67.3 Å². The van der Waals surface area contributed by atoms with Crippen molar-refractivity contribution in [2.24, 2.45) is 10.9 Å². The summed E-state index contributed by atoms with van der Waals surface area (Å²) in [5.41, 5.74) is 0.946. The molecule has 11 heavy (non-hydrogen) atoms. The lowest BCUT2D eigenvalue weighted by atomic mass is 10.1. The smallest absolute Gasteiger partial charge is 0.185 e. The quantitative estimate of drug-likeness (QED) is 0.438. The van der Waals surface area contributed by atoms with Gasteiger partial charge in [-0.1, -0.05) is 26.5 Å². The first-order valence-corrected chi connectivity index (χ1v) is 3.60. The molecule has 0 spiro atoms. The summed E-state index contributed by atoms with van der Waals surface area (Å²) in [6.07, 6.45) is 3.20. The number of halogens is 1. The van der Waals surface area contributed by atoms with E-state index in [4.69, 9.17) is 0 Å². The van der Waals surface area contributed by atoms with Crippen LogP contribution >= 0.6 is 0 Å². The van der Waals surface area contributed by atoms with Gasteiger partial charge in [0, 0.05) is 13.1 Å². The van der Waals surface area contributed by atoms with E-state index in [-0.39, 0.29) is 0 Å². The molecule has 0 aliphatic carbocycles. The van der Waals surface area contributed by atoms with Crippen molar-refractivity contribution in [2.75, 3.05) is 0 Å². The maximum atomic E-state index is 12.1. The molecule has 62 valence electrons. The molecule has 0 aliphatic rings. The van der Waals surface area contributed by atoms with Gasteiger partial charge in [-0.05, 0) is 11.5 Å². The lowest BCUT2D eigenvalue weighted by Gasteiger charge is -2.02. The fraction of sp³-hybridized carbons (Fsp3) is 0.444. The van der Waals surface area contributed by atoms with Crippen molar-refractivity contribution in [3.63, 3.8) is 0 Å². The van der Waals surface area contributed by atoms with Crippen LogP contribution in [-0.4, -0.2) is 5.97 Å². The second-order valence-corrected chi connectivity index (χ2v) is 2.61. The lowest BCUT2D eigenvalue weighted by molar-refractivity contribution is 0.779. The molecule has 0 heterocycles. The third kappa shape index (κ3) is 4.48. The normalized spacial score (nSPS) is 13.9. The summed E-state index contributed by atoms with van der Waals surface area (Å²) >= 11 is 0. The van der Waals surface area contributed by atoms with E-state index in [9.17, 15) is 4.39 Å². The molecule has 0 rings (SSSR count). The van der Waals surface area contributed by atoms with Crippen molar-refractivity contribution >= 4 is 5.97 Å². The highest BCUT2D eigenvalue weighted by molar-refractivity contribution is 5.72. The van der Waals surface area contributed by atoms with E-state index in [0.717, 1.165) is 5.57 Å². The Morgan fingerprint density at radius 1 is 1.55 bits per heavy atom. The van der Waals surface area contributed by atoms with Crippen molar-refractivity contribution in [1.29, 1.82) is 0 Å². The van der Waals surface area contributed by atoms with Crippen LogP contribution in [0.3, 0.4) is 0 Å². The Kier molecular flexibility index (Phi) is 4.42. The van der Waals surface area contributed by atoms with Crippen LogP contribution in [0.1, 0.15) is 20.8 Å². The highest BCUT2D eigenvalue weighted by atomic mass is 19.1. The standard InChI is InChI=1S/C9H14FN/c1-5-9(7(2)3)6-11-8(4)10/h5-7H,1H2,2-4H3/b9-6+,11-8?. The maximum Gasteiger partial charge on any atom is 0.185 e. The van der Waals surface area contributed by atoms with Gasteiger partial charge >= 0.3 is 0 Å². The van der Waals surface area contributed by atoms with Crippen molar-refractivity contribution in [1.82, 2.24) is 0 Å². The predicted molar refractivity (Wildman–Crippen MR) is 47.3 cm³/mol. The van der Waals surface area contributed by atoms with Crippen LogP contribution in [0.4, 0.5) is 4.39 Å². The summed E-state index contributed by atoms with van der Waals surface area (Å²) in [5.74, 6) is -0.0828. The van der Waals surface area contributed by atoms with Crippen molar-refractivity contribution in [2.45, 2.75) is 20.8 Å².